The first kappa shape index (κ1) is 24.4. The van der Waals surface area contributed by atoms with E-state index in [0.29, 0.717) is 29.8 Å². The largest absolute Gasteiger partial charge is 0.494 e. The number of amides is 1. The van der Waals surface area contributed by atoms with Crippen LogP contribution in [0.5, 0.6) is 11.5 Å². The molecular weight excluding hydrogens is 464 g/mol. The number of carbonyl (C=O) groups is 1. The second-order valence-electron chi connectivity index (χ2n) is 7.97. The van der Waals surface area contributed by atoms with E-state index in [4.69, 9.17) is 25.5 Å². The van der Waals surface area contributed by atoms with Gasteiger partial charge in [-0.15, -0.1) is 0 Å². The van der Waals surface area contributed by atoms with Crippen molar-refractivity contribution >= 4 is 39.9 Å². The fraction of sp³-hybridized carbons (Fsp3) is 0.214. The number of carbonyl (C=O) groups excluding carboxylic acids is 1. The molecule has 4 rings (SSSR count). The number of allylic oxidation sites excluding steroid dienone is 1. The molecule has 2 heterocycles. The Hall–Kier alpha value is -3.77. The standard InChI is InChI=1S/C28H27ClN2O4/c1-5-33-21-10-7-19(8-11-21)24-16-35-28-18(4)27(34-6-2)22(14-23(24)28)17(3)13-26(32)31-25-12-9-20(29)15-30-25/h7-16H,5-6H2,1-4H3,(H,30,31,32)/b17-13+. The number of aromatic nitrogens is 1. The van der Waals surface area contributed by atoms with Crippen molar-refractivity contribution in [3.05, 3.63) is 77.2 Å². The van der Waals surface area contributed by atoms with Crippen LogP contribution in [-0.2, 0) is 4.79 Å². The number of benzene rings is 2. The molecule has 0 aliphatic rings. The summed E-state index contributed by atoms with van der Waals surface area (Å²) >= 11 is 5.88. The van der Waals surface area contributed by atoms with E-state index in [-0.39, 0.29) is 5.91 Å². The van der Waals surface area contributed by atoms with Crippen molar-refractivity contribution in [1.29, 1.82) is 0 Å². The molecule has 0 radical (unpaired) electrons. The molecule has 0 saturated carbocycles. The summed E-state index contributed by atoms with van der Waals surface area (Å²) in [7, 11) is 0. The van der Waals surface area contributed by atoms with Crippen LogP contribution in [0.2, 0.25) is 5.02 Å². The number of pyridine rings is 1. The van der Waals surface area contributed by atoms with Gasteiger partial charge in [-0.2, -0.15) is 0 Å². The third-order valence-corrected chi connectivity index (χ3v) is 5.78. The van der Waals surface area contributed by atoms with E-state index < -0.39 is 0 Å². The number of anilines is 1. The number of halogens is 1. The van der Waals surface area contributed by atoms with Gasteiger partial charge in [0.2, 0.25) is 5.91 Å². The zero-order chi connectivity index (χ0) is 24.9. The van der Waals surface area contributed by atoms with E-state index in [1.165, 1.54) is 12.3 Å². The predicted octanol–water partition coefficient (Wildman–Crippen LogP) is 7.30. The monoisotopic (exact) mass is 490 g/mol. The van der Waals surface area contributed by atoms with Crippen LogP contribution in [0, 0.1) is 6.92 Å². The van der Waals surface area contributed by atoms with Gasteiger partial charge in [0.1, 0.15) is 22.9 Å². The molecule has 35 heavy (non-hydrogen) atoms. The molecule has 7 heteroatoms. The minimum absolute atomic E-state index is 0.295. The lowest BCUT2D eigenvalue weighted by Gasteiger charge is -2.15. The van der Waals surface area contributed by atoms with Gasteiger partial charge in [0.05, 0.1) is 24.5 Å². The van der Waals surface area contributed by atoms with Crippen LogP contribution in [0.3, 0.4) is 0 Å². The first-order chi connectivity index (χ1) is 16.9. The molecule has 2 aromatic carbocycles. The van der Waals surface area contributed by atoms with Crippen molar-refractivity contribution in [3.8, 4) is 22.6 Å². The van der Waals surface area contributed by atoms with Gasteiger partial charge >= 0.3 is 0 Å². The van der Waals surface area contributed by atoms with Gasteiger partial charge < -0.3 is 19.2 Å². The maximum absolute atomic E-state index is 12.7. The summed E-state index contributed by atoms with van der Waals surface area (Å²) in [6, 6.07) is 13.3. The molecule has 1 N–H and O–H groups in total. The van der Waals surface area contributed by atoms with Gasteiger partial charge in [-0.05, 0) is 69.2 Å². The van der Waals surface area contributed by atoms with Gasteiger partial charge in [-0.1, -0.05) is 23.7 Å². The highest BCUT2D eigenvalue weighted by atomic mass is 35.5. The molecule has 0 aliphatic carbocycles. The van der Waals surface area contributed by atoms with Crippen LogP contribution in [0.15, 0.2) is 65.4 Å². The summed E-state index contributed by atoms with van der Waals surface area (Å²) in [5, 5.41) is 4.21. The van der Waals surface area contributed by atoms with Crippen LogP contribution in [0.1, 0.15) is 31.9 Å². The van der Waals surface area contributed by atoms with E-state index in [9.17, 15) is 4.79 Å². The maximum Gasteiger partial charge on any atom is 0.249 e. The third kappa shape index (κ3) is 5.33. The molecule has 0 aliphatic heterocycles. The van der Waals surface area contributed by atoms with Gasteiger partial charge in [0.25, 0.3) is 0 Å². The van der Waals surface area contributed by atoms with Gasteiger partial charge in [0.15, 0.2) is 0 Å². The van der Waals surface area contributed by atoms with E-state index in [2.05, 4.69) is 10.3 Å². The highest BCUT2D eigenvalue weighted by Gasteiger charge is 2.19. The molecule has 1 amide bonds. The first-order valence-corrected chi connectivity index (χ1v) is 11.8. The summed E-state index contributed by atoms with van der Waals surface area (Å²) in [5.74, 6) is 1.64. The average Bonchev–Trinajstić information content (AvgIpc) is 3.27. The van der Waals surface area contributed by atoms with Gasteiger partial charge in [-0.25, -0.2) is 4.98 Å². The molecule has 2 aromatic heterocycles. The lowest BCUT2D eigenvalue weighted by molar-refractivity contribution is -0.111. The summed E-state index contributed by atoms with van der Waals surface area (Å²) < 4.78 is 17.5. The Balaban J connectivity index is 1.74. The number of hydrogen-bond donors (Lipinski definition) is 1. The van der Waals surface area contributed by atoms with E-state index >= 15 is 0 Å². The van der Waals surface area contributed by atoms with Crippen LogP contribution in [0.25, 0.3) is 27.7 Å². The average molecular weight is 491 g/mol. The number of furan rings is 1. The van der Waals surface area contributed by atoms with Gasteiger partial charge in [-0.3, -0.25) is 4.79 Å². The quantitative estimate of drug-likeness (QED) is 0.262. The van der Waals surface area contributed by atoms with Crippen molar-refractivity contribution < 1.29 is 18.7 Å². The first-order valence-electron chi connectivity index (χ1n) is 11.4. The van der Waals surface area contributed by atoms with Crippen LogP contribution in [0.4, 0.5) is 5.82 Å². The molecule has 6 nitrogen and oxygen atoms in total. The molecule has 0 unspecified atom stereocenters. The fourth-order valence-electron chi connectivity index (χ4n) is 3.95. The number of ether oxygens (including phenoxy) is 2. The molecule has 4 aromatic rings. The smallest absolute Gasteiger partial charge is 0.249 e. The summed E-state index contributed by atoms with van der Waals surface area (Å²) in [6.07, 6.45) is 4.78. The minimum Gasteiger partial charge on any atom is -0.494 e. The Kier molecular flexibility index (Phi) is 7.42. The molecule has 0 fully saturated rings. The SMILES string of the molecule is CCOc1ccc(-c2coc3c(C)c(OCC)c(/C(C)=C/C(=O)Nc4ccc(Cl)cn4)cc23)cc1. The highest BCUT2D eigenvalue weighted by molar-refractivity contribution is 6.30. The zero-order valence-corrected chi connectivity index (χ0v) is 20.9. The van der Waals surface area contributed by atoms with Crippen molar-refractivity contribution in [2.24, 2.45) is 0 Å². The number of hydrogen-bond acceptors (Lipinski definition) is 5. The number of nitrogens with one attached hydrogen (secondary N) is 1. The van der Waals surface area contributed by atoms with Crippen molar-refractivity contribution in [1.82, 2.24) is 4.98 Å². The zero-order valence-electron chi connectivity index (χ0n) is 20.1. The summed E-state index contributed by atoms with van der Waals surface area (Å²) in [5.41, 5.74) is 5.18. The number of aryl methyl sites for hydroxylation is 1. The Morgan fingerprint density at radius 3 is 2.51 bits per heavy atom. The normalized spacial score (nSPS) is 11.5. The second kappa shape index (κ2) is 10.7. The lowest BCUT2D eigenvalue weighted by Crippen LogP contribution is -2.10. The molecule has 180 valence electrons. The summed E-state index contributed by atoms with van der Waals surface area (Å²) in [6.45, 7) is 8.84. The predicted molar refractivity (Wildman–Crippen MR) is 140 cm³/mol. The van der Waals surface area contributed by atoms with Crippen molar-refractivity contribution in [3.63, 3.8) is 0 Å². The second-order valence-corrected chi connectivity index (χ2v) is 8.41. The van der Waals surface area contributed by atoms with E-state index in [1.807, 2.05) is 58.0 Å². The Bertz CT molecular complexity index is 1370. The molecule has 0 spiro atoms. The maximum atomic E-state index is 12.7. The molecule has 0 bridgehead atoms. The van der Waals surface area contributed by atoms with E-state index in [1.54, 1.807) is 18.4 Å². The number of fused-ring (bicyclic) bond motifs is 1. The lowest BCUT2D eigenvalue weighted by atomic mass is 9.96. The van der Waals surface area contributed by atoms with Crippen LogP contribution >= 0.6 is 11.6 Å². The van der Waals surface area contributed by atoms with Crippen molar-refractivity contribution in [2.75, 3.05) is 18.5 Å². The topological polar surface area (TPSA) is 73.6 Å². The minimum atomic E-state index is -0.295. The van der Waals surface area contributed by atoms with Crippen LogP contribution in [-0.4, -0.2) is 24.1 Å². The van der Waals surface area contributed by atoms with E-state index in [0.717, 1.165) is 44.5 Å². The van der Waals surface area contributed by atoms with Crippen molar-refractivity contribution in [2.45, 2.75) is 27.7 Å². The third-order valence-electron chi connectivity index (χ3n) is 5.56. The number of nitrogens with zero attached hydrogens (tertiary/aromatic N) is 1. The Labute approximate surface area is 209 Å². The Morgan fingerprint density at radius 1 is 1.11 bits per heavy atom. The fourth-order valence-corrected chi connectivity index (χ4v) is 4.06. The Morgan fingerprint density at radius 2 is 1.86 bits per heavy atom. The summed E-state index contributed by atoms with van der Waals surface area (Å²) in [4.78, 5) is 16.8. The van der Waals surface area contributed by atoms with Crippen LogP contribution < -0.4 is 14.8 Å². The number of rotatable bonds is 8. The molecule has 0 atom stereocenters. The highest BCUT2D eigenvalue weighted by Crippen LogP contribution is 2.41. The molecule has 0 saturated heterocycles. The van der Waals surface area contributed by atoms with Gasteiger partial charge in [0, 0.05) is 34.3 Å². The molecular formula is C28H27ClN2O4.